The fraction of sp³-hybridized carbons (Fsp3) is 0.222. The van der Waals surface area contributed by atoms with Crippen LogP contribution in [0.1, 0.15) is 0 Å². The van der Waals surface area contributed by atoms with Crippen molar-refractivity contribution in [1.29, 1.82) is 0 Å². The maximum absolute atomic E-state index is 11.1. The number of β-amino-alcohol motifs (C(OH)–C–C–N with tert-alkyl or cyclic N) is 1. The molecule has 0 radical (unpaired) electrons. The van der Waals surface area contributed by atoms with Crippen LogP contribution < -0.4 is 4.90 Å². The average molecular weight is 179 g/mol. The molecule has 1 atom stereocenters. The van der Waals surface area contributed by atoms with Gasteiger partial charge in [-0.1, -0.05) is 18.2 Å². The van der Waals surface area contributed by atoms with Gasteiger partial charge in [-0.25, -0.2) is 4.79 Å². The van der Waals surface area contributed by atoms with Gasteiger partial charge in [0.15, 0.2) is 0 Å². The monoisotopic (exact) mass is 179 g/mol. The minimum atomic E-state index is -1.01. The standard InChI is InChI=1S/C9H9NO3/c11-8-6-10(9(12)13-8)7-4-2-1-3-5-7/h1-5,8,11H,6H2. The molecule has 1 unspecified atom stereocenters. The molecule has 1 heterocycles. The Morgan fingerprint density at radius 1 is 1.38 bits per heavy atom. The summed E-state index contributed by atoms with van der Waals surface area (Å²) in [6.07, 6.45) is -1.51. The van der Waals surface area contributed by atoms with Crippen LogP contribution in [0.5, 0.6) is 0 Å². The van der Waals surface area contributed by atoms with Crippen LogP contribution in [0, 0.1) is 0 Å². The Balaban J connectivity index is 2.23. The molecular formula is C9H9NO3. The molecule has 68 valence electrons. The highest BCUT2D eigenvalue weighted by Crippen LogP contribution is 2.19. The molecule has 1 aromatic rings. The minimum absolute atomic E-state index is 0.197. The number of rotatable bonds is 1. The van der Waals surface area contributed by atoms with Gasteiger partial charge in [0.1, 0.15) is 0 Å². The van der Waals surface area contributed by atoms with Gasteiger partial charge < -0.3 is 9.84 Å². The summed E-state index contributed by atoms with van der Waals surface area (Å²) < 4.78 is 4.57. The fourth-order valence-corrected chi connectivity index (χ4v) is 1.27. The van der Waals surface area contributed by atoms with Crippen molar-refractivity contribution in [2.24, 2.45) is 0 Å². The third-order valence-corrected chi connectivity index (χ3v) is 1.86. The summed E-state index contributed by atoms with van der Waals surface area (Å²) in [4.78, 5) is 12.5. The predicted molar refractivity (Wildman–Crippen MR) is 46.3 cm³/mol. The smallest absolute Gasteiger partial charge is 0.416 e. The maximum Gasteiger partial charge on any atom is 0.416 e. The number of anilines is 1. The van der Waals surface area contributed by atoms with Gasteiger partial charge in [-0.3, -0.25) is 4.90 Å². The Kier molecular flexibility index (Phi) is 1.90. The second kappa shape index (κ2) is 3.06. The number of ether oxygens (including phenoxy) is 1. The van der Waals surface area contributed by atoms with E-state index in [1.807, 2.05) is 18.2 Å². The van der Waals surface area contributed by atoms with Crippen molar-refractivity contribution < 1.29 is 14.6 Å². The Morgan fingerprint density at radius 2 is 2.08 bits per heavy atom. The zero-order valence-electron chi connectivity index (χ0n) is 6.88. The van der Waals surface area contributed by atoms with Crippen molar-refractivity contribution in [3.63, 3.8) is 0 Å². The first-order valence-corrected chi connectivity index (χ1v) is 3.98. The van der Waals surface area contributed by atoms with Gasteiger partial charge in [-0.15, -0.1) is 0 Å². The van der Waals surface area contributed by atoms with Crippen LogP contribution in [-0.4, -0.2) is 24.0 Å². The Bertz CT molecular complexity index is 312. The van der Waals surface area contributed by atoms with E-state index < -0.39 is 12.4 Å². The Morgan fingerprint density at radius 3 is 2.62 bits per heavy atom. The molecule has 0 spiro atoms. The molecule has 0 bridgehead atoms. The van der Waals surface area contributed by atoms with Crippen LogP contribution in [0.2, 0.25) is 0 Å². The van der Waals surface area contributed by atoms with E-state index in [1.165, 1.54) is 4.90 Å². The van der Waals surface area contributed by atoms with Crippen LogP contribution in [0.4, 0.5) is 10.5 Å². The summed E-state index contributed by atoms with van der Waals surface area (Å²) in [5.41, 5.74) is 0.740. The third-order valence-electron chi connectivity index (χ3n) is 1.86. The lowest BCUT2D eigenvalue weighted by atomic mass is 10.3. The van der Waals surface area contributed by atoms with Crippen molar-refractivity contribution in [1.82, 2.24) is 0 Å². The molecular weight excluding hydrogens is 170 g/mol. The number of hydrogen-bond donors (Lipinski definition) is 1. The van der Waals surface area contributed by atoms with Crippen LogP contribution in [0.3, 0.4) is 0 Å². The zero-order valence-corrected chi connectivity index (χ0v) is 6.88. The molecule has 13 heavy (non-hydrogen) atoms. The van der Waals surface area contributed by atoms with E-state index in [2.05, 4.69) is 4.74 Å². The number of carbonyl (C=O) groups is 1. The number of aliphatic hydroxyl groups is 1. The van der Waals surface area contributed by atoms with Crippen molar-refractivity contribution in [3.8, 4) is 0 Å². The van der Waals surface area contributed by atoms with E-state index in [1.54, 1.807) is 12.1 Å². The van der Waals surface area contributed by atoms with E-state index in [9.17, 15) is 4.79 Å². The molecule has 0 saturated carbocycles. The molecule has 2 rings (SSSR count). The number of carbonyl (C=O) groups excluding carboxylic acids is 1. The Hall–Kier alpha value is -1.55. The van der Waals surface area contributed by atoms with Gasteiger partial charge in [0.25, 0.3) is 0 Å². The molecule has 1 N–H and O–H groups in total. The van der Waals surface area contributed by atoms with E-state index >= 15 is 0 Å². The molecule has 1 aliphatic rings. The minimum Gasteiger partial charge on any atom is -0.417 e. The van der Waals surface area contributed by atoms with Crippen molar-refractivity contribution in [2.45, 2.75) is 6.29 Å². The quantitative estimate of drug-likeness (QED) is 0.698. The maximum atomic E-state index is 11.1. The van der Waals surface area contributed by atoms with Gasteiger partial charge >= 0.3 is 6.09 Å². The topological polar surface area (TPSA) is 49.8 Å². The second-order valence-corrected chi connectivity index (χ2v) is 2.78. The molecule has 1 aliphatic heterocycles. The molecule has 0 aromatic heterocycles. The van der Waals surface area contributed by atoms with E-state index in [0.29, 0.717) is 0 Å². The number of para-hydroxylation sites is 1. The van der Waals surface area contributed by atoms with Crippen LogP contribution in [0.25, 0.3) is 0 Å². The van der Waals surface area contributed by atoms with Crippen LogP contribution in [0.15, 0.2) is 30.3 Å². The molecule has 1 saturated heterocycles. The summed E-state index contributed by atoms with van der Waals surface area (Å²) in [7, 11) is 0. The van der Waals surface area contributed by atoms with Gasteiger partial charge in [0.05, 0.1) is 6.54 Å². The van der Waals surface area contributed by atoms with Crippen LogP contribution in [-0.2, 0) is 4.74 Å². The van der Waals surface area contributed by atoms with Gasteiger partial charge in [0, 0.05) is 5.69 Å². The predicted octanol–water partition coefficient (Wildman–Crippen LogP) is 0.962. The summed E-state index contributed by atoms with van der Waals surface area (Å²) in [6.45, 7) is 0.197. The number of nitrogens with zero attached hydrogens (tertiary/aromatic N) is 1. The second-order valence-electron chi connectivity index (χ2n) is 2.78. The van der Waals surface area contributed by atoms with Gasteiger partial charge in [-0.2, -0.15) is 0 Å². The third kappa shape index (κ3) is 1.48. The zero-order chi connectivity index (χ0) is 9.26. The van der Waals surface area contributed by atoms with Gasteiger partial charge in [-0.05, 0) is 12.1 Å². The summed E-state index contributed by atoms with van der Waals surface area (Å²) >= 11 is 0. The summed E-state index contributed by atoms with van der Waals surface area (Å²) in [6, 6.07) is 9.10. The largest absolute Gasteiger partial charge is 0.417 e. The first kappa shape index (κ1) is 8.07. The summed E-state index contributed by atoms with van der Waals surface area (Å²) in [5.74, 6) is 0. The van der Waals surface area contributed by atoms with Crippen molar-refractivity contribution in [2.75, 3.05) is 11.4 Å². The van der Waals surface area contributed by atoms with E-state index in [4.69, 9.17) is 5.11 Å². The highest BCUT2D eigenvalue weighted by Gasteiger charge is 2.30. The molecule has 1 amide bonds. The number of hydrogen-bond acceptors (Lipinski definition) is 3. The highest BCUT2D eigenvalue weighted by atomic mass is 16.7. The number of benzene rings is 1. The average Bonchev–Trinajstić information content (AvgIpc) is 2.47. The molecule has 1 fully saturated rings. The summed E-state index contributed by atoms with van der Waals surface area (Å²) in [5, 5.41) is 9.05. The molecule has 0 aliphatic carbocycles. The fourth-order valence-electron chi connectivity index (χ4n) is 1.27. The van der Waals surface area contributed by atoms with E-state index in [-0.39, 0.29) is 6.54 Å². The lowest BCUT2D eigenvalue weighted by Gasteiger charge is -2.11. The highest BCUT2D eigenvalue weighted by molar-refractivity contribution is 5.89. The number of cyclic esters (lactones) is 1. The molecule has 4 heteroatoms. The first-order valence-electron chi connectivity index (χ1n) is 3.98. The lowest BCUT2D eigenvalue weighted by molar-refractivity contribution is -0.0148. The number of amides is 1. The van der Waals surface area contributed by atoms with Crippen LogP contribution >= 0.6 is 0 Å². The molecule has 1 aromatic carbocycles. The first-order chi connectivity index (χ1) is 6.27. The SMILES string of the molecule is O=C1OC(O)CN1c1ccccc1. The van der Waals surface area contributed by atoms with Crippen molar-refractivity contribution in [3.05, 3.63) is 30.3 Å². The normalized spacial score (nSPS) is 21.8. The lowest BCUT2D eigenvalue weighted by Crippen LogP contribution is -2.24. The number of aliphatic hydroxyl groups excluding tert-OH is 1. The van der Waals surface area contributed by atoms with Gasteiger partial charge in [0.2, 0.25) is 6.29 Å². The van der Waals surface area contributed by atoms with E-state index in [0.717, 1.165) is 5.69 Å². The van der Waals surface area contributed by atoms with Crippen molar-refractivity contribution >= 4 is 11.8 Å². The Labute approximate surface area is 75.3 Å². The molecule has 4 nitrogen and oxygen atoms in total.